The van der Waals surface area contributed by atoms with Gasteiger partial charge >= 0.3 is 0 Å². The summed E-state index contributed by atoms with van der Waals surface area (Å²) in [5.74, 6) is -1.08. The second kappa shape index (κ2) is 10.6. The van der Waals surface area contributed by atoms with Crippen molar-refractivity contribution in [3.8, 4) is 0 Å². The largest absolute Gasteiger partial charge is 0.398 e. The normalized spacial score (nSPS) is 12.5. The number of carbonyl (C=O) groups excluding carboxylic acids is 1. The highest BCUT2D eigenvalue weighted by atomic mass is 35.5. The number of aliphatic imine (C=N–C) groups is 1. The van der Waals surface area contributed by atoms with Gasteiger partial charge in [0.25, 0.3) is 0 Å². The van der Waals surface area contributed by atoms with Crippen molar-refractivity contribution in [2.45, 2.75) is 12.3 Å². The van der Waals surface area contributed by atoms with E-state index in [1.807, 2.05) is 0 Å². The molecule has 0 heterocycles. The van der Waals surface area contributed by atoms with Gasteiger partial charge in [0.1, 0.15) is 5.82 Å². The van der Waals surface area contributed by atoms with Crippen LogP contribution in [0.4, 0.5) is 15.8 Å². The first kappa shape index (κ1) is 23.7. The molecule has 0 aromatic heterocycles. The molecule has 1 amide bonds. The highest BCUT2D eigenvalue weighted by Gasteiger charge is 2.21. The molecular weight excluding hydrogens is 450 g/mol. The Balaban J connectivity index is 1.90. The van der Waals surface area contributed by atoms with Gasteiger partial charge in [-0.05, 0) is 73.1 Å². The Morgan fingerprint density at radius 2 is 1.78 bits per heavy atom. The summed E-state index contributed by atoms with van der Waals surface area (Å²) in [7, 11) is 1.63. The van der Waals surface area contributed by atoms with Crippen molar-refractivity contribution in [2.75, 3.05) is 24.6 Å². The van der Waals surface area contributed by atoms with Crippen molar-refractivity contribution >= 4 is 46.2 Å². The van der Waals surface area contributed by atoms with Gasteiger partial charge < -0.3 is 16.8 Å². The van der Waals surface area contributed by atoms with Crippen LogP contribution < -0.4 is 16.8 Å². The Hall–Kier alpha value is -2.93. The number of hydrogen-bond donors (Lipinski definition) is 3. The van der Waals surface area contributed by atoms with Gasteiger partial charge in [-0.15, -0.1) is 0 Å². The third-order valence-corrected chi connectivity index (χ3v) is 5.77. The van der Waals surface area contributed by atoms with E-state index in [9.17, 15) is 9.18 Å². The lowest BCUT2D eigenvalue weighted by atomic mass is 9.94. The minimum absolute atomic E-state index is 0.235. The van der Waals surface area contributed by atoms with E-state index in [4.69, 9.17) is 34.7 Å². The molecule has 0 saturated heterocycles. The first-order valence-electron chi connectivity index (χ1n) is 9.92. The zero-order chi connectivity index (χ0) is 23.3. The summed E-state index contributed by atoms with van der Waals surface area (Å²) >= 11 is 12.1. The number of nitrogens with one attached hydrogen (secondary N) is 1. The fourth-order valence-electron chi connectivity index (χ4n) is 3.43. The van der Waals surface area contributed by atoms with E-state index in [0.29, 0.717) is 51.2 Å². The third kappa shape index (κ3) is 5.46. The number of halogens is 3. The maximum atomic E-state index is 13.3. The topological polar surface area (TPSA) is 93.5 Å². The molecule has 8 heteroatoms. The highest BCUT2D eigenvalue weighted by molar-refractivity contribution is 6.42. The van der Waals surface area contributed by atoms with Gasteiger partial charge in [-0.25, -0.2) is 4.39 Å². The van der Waals surface area contributed by atoms with Crippen LogP contribution in [0.1, 0.15) is 29.0 Å². The maximum absolute atomic E-state index is 13.3. The number of anilines is 2. The predicted octanol–water partition coefficient (Wildman–Crippen LogP) is 5.25. The van der Waals surface area contributed by atoms with Crippen LogP contribution in [0.25, 0.3) is 0 Å². The summed E-state index contributed by atoms with van der Waals surface area (Å²) in [6.45, 7) is 0.322. The smallest absolute Gasteiger partial charge is 0.231 e. The molecule has 166 valence electrons. The van der Waals surface area contributed by atoms with Crippen LogP contribution in [0, 0.1) is 5.82 Å². The van der Waals surface area contributed by atoms with E-state index in [1.165, 1.54) is 12.1 Å². The van der Waals surface area contributed by atoms with Crippen LogP contribution in [-0.4, -0.2) is 25.2 Å². The lowest BCUT2D eigenvalue weighted by Gasteiger charge is -2.18. The van der Waals surface area contributed by atoms with Crippen LogP contribution in [0.2, 0.25) is 10.0 Å². The van der Waals surface area contributed by atoms with E-state index in [-0.39, 0.29) is 11.7 Å². The minimum atomic E-state index is -0.507. The SMILES string of the molecule is C/N=C(/c1ccc(F)cc1)c1cc(NC(=O)C(CCN)c2ccc(Cl)c(Cl)c2)ccc1N. The molecule has 5 N–H and O–H groups in total. The molecule has 3 aromatic rings. The lowest BCUT2D eigenvalue weighted by molar-refractivity contribution is -0.117. The average molecular weight is 473 g/mol. The van der Waals surface area contributed by atoms with Gasteiger partial charge in [0.05, 0.1) is 21.7 Å². The van der Waals surface area contributed by atoms with Crippen molar-refractivity contribution < 1.29 is 9.18 Å². The Kier molecular flexibility index (Phi) is 7.85. The molecule has 1 atom stereocenters. The first-order chi connectivity index (χ1) is 15.3. The number of nitrogens with zero attached hydrogens (tertiary/aromatic N) is 1. The standard InChI is InChI=1S/C24H23Cl2FN4O/c1-30-23(14-2-5-16(27)6-3-14)19-13-17(7-9-22(19)29)31-24(32)18(10-11-28)15-4-8-20(25)21(26)12-15/h2-9,12-13,18H,10-11,28-29H2,1H3,(H,31,32)/b30-23-. The Labute approximate surface area is 196 Å². The molecule has 3 rings (SSSR count). The number of nitrogen functional groups attached to an aromatic ring is 1. The molecule has 0 aliphatic rings. The van der Waals surface area contributed by atoms with Crippen LogP contribution in [0.3, 0.4) is 0 Å². The van der Waals surface area contributed by atoms with Gasteiger partial charge in [0.15, 0.2) is 0 Å². The fourth-order valence-corrected chi connectivity index (χ4v) is 3.73. The monoisotopic (exact) mass is 472 g/mol. The van der Waals surface area contributed by atoms with Crippen LogP contribution >= 0.6 is 23.2 Å². The predicted molar refractivity (Wildman–Crippen MR) is 130 cm³/mol. The number of carbonyl (C=O) groups is 1. The highest BCUT2D eigenvalue weighted by Crippen LogP contribution is 2.29. The zero-order valence-electron chi connectivity index (χ0n) is 17.4. The molecule has 32 heavy (non-hydrogen) atoms. The summed E-state index contributed by atoms with van der Waals surface area (Å²) in [6, 6.07) is 16.2. The van der Waals surface area contributed by atoms with Crippen LogP contribution in [0.5, 0.6) is 0 Å². The summed E-state index contributed by atoms with van der Waals surface area (Å²) in [6.07, 6.45) is 0.433. The Morgan fingerprint density at radius 3 is 2.41 bits per heavy atom. The summed E-state index contributed by atoms with van der Waals surface area (Å²) in [5.41, 5.74) is 15.6. The second-order valence-corrected chi connectivity index (χ2v) is 7.99. The first-order valence-corrected chi connectivity index (χ1v) is 10.7. The molecule has 0 bridgehead atoms. The molecule has 1 unspecified atom stereocenters. The Bertz CT molecular complexity index is 1150. The van der Waals surface area contributed by atoms with Crippen molar-refractivity contribution in [2.24, 2.45) is 10.7 Å². The number of benzene rings is 3. The van der Waals surface area contributed by atoms with E-state index < -0.39 is 5.92 Å². The van der Waals surface area contributed by atoms with Crippen molar-refractivity contribution in [1.82, 2.24) is 0 Å². The molecule has 0 aliphatic heterocycles. The Morgan fingerprint density at radius 1 is 1.06 bits per heavy atom. The lowest BCUT2D eigenvalue weighted by Crippen LogP contribution is -2.24. The van der Waals surface area contributed by atoms with Crippen LogP contribution in [0.15, 0.2) is 65.7 Å². The van der Waals surface area contributed by atoms with E-state index in [0.717, 1.165) is 5.56 Å². The number of hydrogen-bond acceptors (Lipinski definition) is 4. The van der Waals surface area contributed by atoms with E-state index >= 15 is 0 Å². The third-order valence-electron chi connectivity index (χ3n) is 5.04. The van der Waals surface area contributed by atoms with Crippen molar-refractivity contribution in [3.63, 3.8) is 0 Å². The van der Waals surface area contributed by atoms with E-state index in [2.05, 4.69) is 10.3 Å². The van der Waals surface area contributed by atoms with Crippen molar-refractivity contribution in [3.05, 3.63) is 93.2 Å². The molecular formula is C24H23Cl2FN4O. The van der Waals surface area contributed by atoms with Gasteiger partial charge in [-0.2, -0.15) is 0 Å². The second-order valence-electron chi connectivity index (χ2n) is 7.17. The summed E-state index contributed by atoms with van der Waals surface area (Å²) < 4.78 is 13.3. The van der Waals surface area contributed by atoms with Gasteiger partial charge in [-0.1, -0.05) is 29.3 Å². The molecule has 0 fully saturated rings. The molecule has 0 saturated carbocycles. The maximum Gasteiger partial charge on any atom is 0.231 e. The fraction of sp³-hybridized carbons (Fsp3) is 0.167. The minimum Gasteiger partial charge on any atom is -0.398 e. The zero-order valence-corrected chi connectivity index (χ0v) is 18.9. The summed E-state index contributed by atoms with van der Waals surface area (Å²) in [5, 5.41) is 3.71. The molecule has 0 aliphatic carbocycles. The molecule has 5 nitrogen and oxygen atoms in total. The van der Waals surface area contributed by atoms with Crippen LogP contribution in [-0.2, 0) is 4.79 Å². The quantitative estimate of drug-likeness (QED) is 0.323. The number of nitrogens with two attached hydrogens (primary N) is 2. The average Bonchev–Trinajstić information content (AvgIpc) is 2.78. The molecule has 0 spiro atoms. The molecule has 3 aromatic carbocycles. The molecule has 0 radical (unpaired) electrons. The number of amides is 1. The van der Waals surface area contributed by atoms with Gasteiger partial charge in [0.2, 0.25) is 5.91 Å². The summed E-state index contributed by atoms with van der Waals surface area (Å²) in [4.78, 5) is 17.4. The van der Waals surface area contributed by atoms with Crippen molar-refractivity contribution in [1.29, 1.82) is 0 Å². The van der Waals surface area contributed by atoms with Gasteiger partial charge in [0, 0.05) is 29.5 Å². The van der Waals surface area contributed by atoms with Gasteiger partial charge in [-0.3, -0.25) is 9.79 Å². The van der Waals surface area contributed by atoms with E-state index in [1.54, 1.807) is 55.6 Å². The number of rotatable bonds is 7.